The van der Waals surface area contributed by atoms with Crippen LogP contribution in [0.4, 0.5) is 0 Å². The van der Waals surface area contributed by atoms with Gasteiger partial charge in [-0.1, -0.05) is 23.7 Å². The minimum absolute atomic E-state index is 0.268. The molecule has 0 fully saturated rings. The summed E-state index contributed by atoms with van der Waals surface area (Å²) in [5.41, 5.74) is 1.66. The van der Waals surface area contributed by atoms with Gasteiger partial charge in [0, 0.05) is 11.9 Å². The first-order valence-electron chi connectivity index (χ1n) is 8.99. The molecule has 1 aliphatic heterocycles. The highest BCUT2D eigenvalue weighted by Gasteiger charge is 2.23. The van der Waals surface area contributed by atoms with E-state index in [1.54, 1.807) is 18.2 Å². The lowest BCUT2D eigenvalue weighted by molar-refractivity contribution is -0.117. The van der Waals surface area contributed by atoms with E-state index in [9.17, 15) is 9.59 Å². The number of rotatable bonds is 6. The van der Waals surface area contributed by atoms with E-state index in [0.29, 0.717) is 39.1 Å². The van der Waals surface area contributed by atoms with Crippen molar-refractivity contribution in [3.63, 3.8) is 0 Å². The summed E-state index contributed by atoms with van der Waals surface area (Å²) < 4.78 is 12.4. The van der Waals surface area contributed by atoms with Crippen LogP contribution in [-0.2, 0) is 16.2 Å². The van der Waals surface area contributed by atoms with Crippen LogP contribution in [0.5, 0.6) is 11.5 Å². The molecule has 0 aromatic heterocycles. The number of carbonyl (C=O) groups is 2. The number of ether oxygens (including phenoxy) is 2. The van der Waals surface area contributed by atoms with E-state index in [1.807, 2.05) is 31.2 Å². The summed E-state index contributed by atoms with van der Waals surface area (Å²) in [6.07, 6.45) is 1.69. The van der Waals surface area contributed by atoms with Gasteiger partial charge in [-0.15, -0.1) is 0 Å². The fourth-order valence-electron chi connectivity index (χ4n) is 2.62. The van der Waals surface area contributed by atoms with E-state index >= 15 is 0 Å². The molecular weight excluding hydrogens is 492 g/mol. The zero-order chi connectivity index (χ0) is 21.7. The fraction of sp³-hybridized carbons (Fsp3) is 0.190. The maximum Gasteiger partial charge on any atom is 0.286 e. The summed E-state index contributed by atoms with van der Waals surface area (Å²) in [6, 6.07) is 11.0. The fourth-order valence-corrected chi connectivity index (χ4v) is 4.27. The van der Waals surface area contributed by atoms with Gasteiger partial charge in [0.1, 0.15) is 6.61 Å². The van der Waals surface area contributed by atoms with Crippen molar-refractivity contribution in [1.82, 2.24) is 5.32 Å². The maximum atomic E-state index is 12.1. The van der Waals surface area contributed by atoms with Crippen molar-refractivity contribution in [3.8, 4) is 11.5 Å². The van der Waals surface area contributed by atoms with Crippen LogP contribution in [0.25, 0.3) is 6.08 Å². The number of benzene rings is 2. The molecule has 2 aromatic carbocycles. The average Bonchev–Trinajstić information content (AvgIpc) is 2.99. The number of nitrogens with zero attached hydrogens (tertiary/aromatic N) is 1. The van der Waals surface area contributed by atoms with Gasteiger partial charge in [-0.2, -0.15) is 4.99 Å². The smallest absolute Gasteiger partial charge is 0.286 e. The molecule has 9 heteroatoms. The summed E-state index contributed by atoms with van der Waals surface area (Å²) in [5.74, 6) is 0.413. The predicted molar refractivity (Wildman–Crippen MR) is 123 cm³/mol. The molecule has 0 saturated heterocycles. The summed E-state index contributed by atoms with van der Waals surface area (Å²) in [5, 5.41) is 3.43. The largest absolute Gasteiger partial charge is 0.490 e. The van der Waals surface area contributed by atoms with E-state index in [2.05, 4.69) is 26.2 Å². The molecule has 2 aromatic rings. The van der Waals surface area contributed by atoms with Gasteiger partial charge < -0.3 is 14.8 Å². The van der Waals surface area contributed by atoms with Gasteiger partial charge in [-0.05, 0) is 76.1 Å². The van der Waals surface area contributed by atoms with Gasteiger partial charge >= 0.3 is 0 Å². The molecule has 0 unspecified atom stereocenters. The lowest BCUT2D eigenvalue weighted by Gasteiger charge is -2.15. The first-order valence-corrected chi connectivity index (χ1v) is 11.0. The van der Waals surface area contributed by atoms with Crippen molar-refractivity contribution in [3.05, 3.63) is 61.9 Å². The Kier molecular flexibility index (Phi) is 7.58. The predicted octanol–water partition coefficient (Wildman–Crippen LogP) is 5.19. The number of halogens is 2. The molecule has 0 spiro atoms. The second kappa shape index (κ2) is 10.1. The Morgan fingerprint density at radius 2 is 2.10 bits per heavy atom. The van der Waals surface area contributed by atoms with E-state index in [-0.39, 0.29) is 11.1 Å². The lowest BCUT2D eigenvalue weighted by atomic mass is 10.1. The van der Waals surface area contributed by atoms with Crippen molar-refractivity contribution < 1.29 is 19.1 Å². The molecule has 0 radical (unpaired) electrons. The molecule has 1 N–H and O–H groups in total. The quantitative estimate of drug-likeness (QED) is 0.543. The minimum Gasteiger partial charge on any atom is -0.490 e. The molecule has 1 heterocycles. The molecule has 1 aliphatic rings. The number of aliphatic imine (C=N–C) groups is 1. The van der Waals surface area contributed by atoms with Gasteiger partial charge in [-0.25, -0.2) is 0 Å². The summed E-state index contributed by atoms with van der Waals surface area (Å²) in [7, 11) is 0. The first kappa shape index (κ1) is 22.4. The molecule has 0 atom stereocenters. The number of amides is 2. The van der Waals surface area contributed by atoms with Crippen LogP contribution in [0.15, 0.2) is 50.8 Å². The monoisotopic (exact) mass is 508 g/mol. The molecule has 6 nitrogen and oxygen atoms in total. The van der Waals surface area contributed by atoms with Gasteiger partial charge in [0.2, 0.25) is 5.91 Å². The third kappa shape index (κ3) is 5.87. The molecular formula is C21H18BrClN2O4S. The Morgan fingerprint density at radius 3 is 2.80 bits per heavy atom. The van der Waals surface area contributed by atoms with Crippen molar-refractivity contribution >= 4 is 62.4 Å². The van der Waals surface area contributed by atoms with E-state index in [0.717, 1.165) is 22.9 Å². The summed E-state index contributed by atoms with van der Waals surface area (Å²) >= 11 is 10.7. The van der Waals surface area contributed by atoms with Gasteiger partial charge in [0.05, 0.1) is 16.0 Å². The molecule has 0 aliphatic carbocycles. The minimum atomic E-state index is -0.404. The van der Waals surface area contributed by atoms with Gasteiger partial charge in [-0.3, -0.25) is 9.59 Å². The molecule has 0 saturated carbocycles. The highest BCUT2D eigenvalue weighted by atomic mass is 79.9. The summed E-state index contributed by atoms with van der Waals surface area (Å²) in [6.45, 7) is 4.01. The number of carbonyl (C=O) groups excluding carboxylic acids is 2. The molecule has 2 amide bonds. The van der Waals surface area contributed by atoms with Crippen molar-refractivity contribution in [2.45, 2.75) is 20.5 Å². The van der Waals surface area contributed by atoms with Crippen molar-refractivity contribution in [2.75, 3.05) is 6.61 Å². The van der Waals surface area contributed by atoms with E-state index < -0.39 is 5.91 Å². The molecule has 30 heavy (non-hydrogen) atoms. The third-order valence-electron chi connectivity index (χ3n) is 3.81. The van der Waals surface area contributed by atoms with Crippen LogP contribution >= 0.6 is 39.3 Å². The number of nitrogens with one attached hydrogen (secondary N) is 1. The van der Waals surface area contributed by atoms with E-state index in [4.69, 9.17) is 21.1 Å². The zero-order valence-electron chi connectivity index (χ0n) is 16.2. The Morgan fingerprint density at radius 1 is 1.30 bits per heavy atom. The molecule has 3 rings (SSSR count). The maximum absolute atomic E-state index is 12.1. The van der Waals surface area contributed by atoms with Crippen molar-refractivity contribution in [1.29, 1.82) is 0 Å². The van der Waals surface area contributed by atoms with Crippen LogP contribution in [-0.4, -0.2) is 23.6 Å². The van der Waals surface area contributed by atoms with Crippen LogP contribution < -0.4 is 14.8 Å². The average molecular weight is 510 g/mol. The molecule has 156 valence electrons. The molecule has 0 bridgehead atoms. The van der Waals surface area contributed by atoms with Crippen LogP contribution in [0, 0.1) is 0 Å². The Labute approximate surface area is 191 Å². The number of amidine groups is 1. The normalized spacial score (nSPS) is 14.6. The number of thioether (sulfide) groups is 1. The van der Waals surface area contributed by atoms with Crippen LogP contribution in [0.2, 0.25) is 5.02 Å². The summed E-state index contributed by atoms with van der Waals surface area (Å²) in [4.78, 5) is 27.5. The standard InChI is InChI=1S/C21H18BrClN2O4S/c1-3-28-17-9-14(10-18-20(27)25-21(30-18)24-12(2)26)8-16(22)19(17)29-11-13-5-4-6-15(23)7-13/h4-10H,3,11H2,1-2H3,(H,24,25,26,27)/b18-10-. The third-order valence-corrected chi connectivity index (χ3v) is 5.53. The van der Waals surface area contributed by atoms with Crippen molar-refractivity contribution in [2.24, 2.45) is 4.99 Å². The lowest BCUT2D eigenvalue weighted by Crippen LogP contribution is -2.23. The zero-order valence-corrected chi connectivity index (χ0v) is 19.4. The van der Waals surface area contributed by atoms with Crippen LogP contribution in [0.1, 0.15) is 25.0 Å². The second-order valence-electron chi connectivity index (χ2n) is 6.20. The number of hydrogen-bond acceptors (Lipinski definition) is 5. The second-order valence-corrected chi connectivity index (χ2v) is 8.52. The SMILES string of the molecule is CCOc1cc(/C=C2\SC(NC(C)=O)=NC2=O)cc(Br)c1OCc1cccc(Cl)c1. The van der Waals surface area contributed by atoms with E-state index in [1.165, 1.54) is 6.92 Å². The highest BCUT2D eigenvalue weighted by Crippen LogP contribution is 2.39. The van der Waals surface area contributed by atoms with Crippen LogP contribution in [0.3, 0.4) is 0 Å². The number of hydrogen-bond donors (Lipinski definition) is 1. The highest BCUT2D eigenvalue weighted by molar-refractivity contribution is 9.10. The first-order chi connectivity index (χ1) is 14.4. The Hall–Kier alpha value is -2.29. The van der Waals surface area contributed by atoms with Gasteiger partial charge in [0.15, 0.2) is 16.7 Å². The van der Waals surface area contributed by atoms with Gasteiger partial charge in [0.25, 0.3) is 5.91 Å². The Bertz CT molecular complexity index is 1060. The Balaban J connectivity index is 1.82. The topological polar surface area (TPSA) is 77.0 Å².